The summed E-state index contributed by atoms with van der Waals surface area (Å²) in [6.45, 7) is 2.20. The van der Waals surface area contributed by atoms with E-state index < -0.39 is 0 Å². The molecule has 1 heterocycles. The van der Waals surface area contributed by atoms with Crippen molar-refractivity contribution in [2.45, 2.75) is 38.3 Å². The summed E-state index contributed by atoms with van der Waals surface area (Å²) in [7, 11) is 0. The minimum atomic E-state index is -0.317. The predicted octanol–water partition coefficient (Wildman–Crippen LogP) is 2.32. The Morgan fingerprint density at radius 2 is 2.18 bits per heavy atom. The summed E-state index contributed by atoms with van der Waals surface area (Å²) in [5.41, 5.74) is 6.89. The lowest BCUT2D eigenvalue weighted by Crippen LogP contribution is -2.45. The molecular formula is C17H23FN2O2. The number of amides is 1. The van der Waals surface area contributed by atoms with Gasteiger partial charge in [-0.25, -0.2) is 4.39 Å². The number of ether oxygens (including phenoxy) is 1. The highest BCUT2D eigenvalue weighted by Crippen LogP contribution is 2.29. The van der Waals surface area contributed by atoms with Crippen LogP contribution < -0.4 is 5.73 Å². The first kappa shape index (κ1) is 15.4. The van der Waals surface area contributed by atoms with E-state index >= 15 is 0 Å². The number of piperidine rings is 1. The first-order valence-corrected chi connectivity index (χ1v) is 8.04. The van der Waals surface area contributed by atoms with Crippen LogP contribution in [-0.2, 0) is 11.3 Å². The van der Waals surface area contributed by atoms with Crippen LogP contribution >= 0.6 is 0 Å². The van der Waals surface area contributed by atoms with E-state index in [1.807, 2.05) is 0 Å². The second-order valence-corrected chi connectivity index (χ2v) is 6.42. The molecule has 22 heavy (non-hydrogen) atoms. The van der Waals surface area contributed by atoms with Crippen LogP contribution in [0.15, 0.2) is 18.2 Å². The van der Waals surface area contributed by atoms with Gasteiger partial charge in [0.15, 0.2) is 0 Å². The molecule has 1 atom stereocenters. The molecule has 2 aliphatic rings. The van der Waals surface area contributed by atoms with E-state index in [2.05, 4.69) is 0 Å². The third-order valence-corrected chi connectivity index (χ3v) is 4.35. The average Bonchev–Trinajstić information content (AvgIpc) is 3.33. The minimum Gasteiger partial charge on any atom is -0.376 e. The van der Waals surface area contributed by atoms with Gasteiger partial charge in [0.1, 0.15) is 5.82 Å². The molecule has 1 aromatic rings. The number of benzene rings is 1. The van der Waals surface area contributed by atoms with Crippen molar-refractivity contribution in [2.24, 2.45) is 11.7 Å². The van der Waals surface area contributed by atoms with Crippen LogP contribution in [0, 0.1) is 11.7 Å². The highest BCUT2D eigenvalue weighted by atomic mass is 19.1. The van der Waals surface area contributed by atoms with Gasteiger partial charge in [0.2, 0.25) is 0 Å². The van der Waals surface area contributed by atoms with Crippen molar-refractivity contribution < 1.29 is 13.9 Å². The fourth-order valence-electron chi connectivity index (χ4n) is 2.82. The highest BCUT2D eigenvalue weighted by Gasteiger charge is 2.24. The van der Waals surface area contributed by atoms with Gasteiger partial charge in [0, 0.05) is 36.9 Å². The van der Waals surface area contributed by atoms with E-state index in [0.29, 0.717) is 30.2 Å². The fraction of sp³-hybridized carbons (Fsp3) is 0.588. The molecule has 2 fully saturated rings. The summed E-state index contributed by atoms with van der Waals surface area (Å²) in [6.07, 6.45) is 4.28. The highest BCUT2D eigenvalue weighted by molar-refractivity contribution is 5.94. The van der Waals surface area contributed by atoms with Crippen LogP contribution in [-0.4, -0.2) is 36.5 Å². The summed E-state index contributed by atoms with van der Waals surface area (Å²) in [5, 5.41) is 0. The van der Waals surface area contributed by atoms with Gasteiger partial charge in [-0.3, -0.25) is 4.79 Å². The first-order valence-electron chi connectivity index (χ1n) is 8.04. The number of nitrogens with zero attached hydrogens (tertiary/aromatic N) is 1. The zero-order chi connectivity index (χ0) is 15.5. The molecule has 4 nitrogen and oxygen atoms in total. The van der Waals surface area contributed by atoms with Crippen molar-refractivity contribution in [3.8, 4) is 0 Å². The van der Waals surface area contributed by atoms with Crippen molar-refractivity contribution in [3.63, 3.8) is 0 Å². The molecule has 1 aliphatic heterocycles. The molecule has 0 bridgehead atoms. The van der Waals surface area contributed by atoms with Gasteiger partial charge in [0.05, 0.1) is 6.61 Å². The van der Waals surface area contributed by atoms with Crippen LogP contribution in [0.5, 0.6) is 0 Å². The van der Waals surface area contributed by atoms with Crippen LogP contribution in [0.2, 0.25) is 0 Å². The first-order chi connectivity index (χ1) is 10.6. The van der Waals surface area contributed by atoms with Gasteiger partial charge >= 0.3 is 0 Å². The van der Waals surface area contributed by atoms with Crippen molar-refractivity contribution in [3.05, 3.63) is 35.1 Å². The van der Waals surface area contributed by atoms with Gasteiger partial charge < -0.3 is 15.4 Å². The Kier molecular flexibility index (Phi) is 4.74. The zero-order valence-electron chi connectivity index (χ0n) is 12.8. The summed E-state index contributed by atoms with van der Waals surface area (Å²) in [5.74, 6) is 0.254. The van der Waals surface area contributed by atoms with Gasteiger partial charge in [-0.05, 0) is 49.8 Å². The van der Waals surface area contributed by atoms with E-state index in [9.17, 15) is 9.18 Å². The maximum atomic E-state index is 13.9. The summed E-state index contributed by atoms with van der Waals surface area (Å²) in [4.78, 5) is 14.3. The van der Waals surface area contributed by atoms with Gasteiger partial charge in [-0.2, -0.15) is 0 Å². The van der Waals surface area contributed by atoms with Crippen molar-refractivity contribution in [1.82, 2.24) is 4.90 Å². The number of rotatable bonds is 5. The van der Waals surface area contributed by atoms with Crippen LogP contribution in [0.4, 0.5) is 4.39 Å². The molecule has 3 rings (SSSR count). The predicted molar refractivity (Wildman–Crippen MR) is 81.9 cm³/mol. The van der Waals surface area contributed by atoms with Crippen molar-refractivity contribution >= 4 is 5.91 Å². The molecule has 0 unspecified atom stereocenters. The maximum Gasteiger partial charge on any atom is 0.253 e. The van der Waals surface area contributed by atoms with Crippen LogP contribution in [0.3, 0.4) is 0 Å². The van der Waals surface area contributed by atoms with Crippen molar-refractivity contribution in [1.29, 1.82) is 0 Å². The number of carbonyl (C=O) groups is 1. The maximum absolute atomic E-state index is 13.9. The number of carbonyl (C=O) groups excluding carboxylic acids is 1. The fourth-order valence-corrected chi connectivity index (χ4v) is 2.82. The Hall–Kier alpha value is -1.46. The number of likely N-dealkylation sites (tertiary alicyclic amines) is 1. The lowest BCUT2D eigenvalue weighted by atomic mass is 10.0. The van der Waals surface area contributed by atoms with Gasteiger partial charge in [-0.1, -0.05) is 0 Å². The Morgan fingerprint density at radius 3 is 2.91 bits per heavy atom. The van der Waals surface area contributed by atoms with E-state index in [4.69, 9.17) is 10.5 Å². The Bertz CT molecular complexity index is 545. The summed E-state index contributed by atoms with van der Waals surface area (Å²) >= 11 is 0. The largest absolute Gasteiger partial charge is 0.376 e. The van der Waals surface area contributed by atoms with Gasteiger partial charge in [0.25, 0.3) is 5.91 Å². The molecule has 0 aromatic heterocycles. The van der Waals surface area contributed by atoms with Crippen LogP contribution in [0.1, 0.15) is 41.6 Å². The second-order valence-electron chi connectivity index (χ2n) is 6.42. The van der Waals surface area contributed by atoms with E-state index in [1.54, 1.807) is 17.0 Å². The SMILES string of the molecule is N[C@@H]1CCCN(C(=O)c2ccc(F)c(COCC3CC3)c2)C1. The molecular weight excluding hydrogens is 283 g/mol. The number of nitrogens with two attached hydrogens (primary N) is 1. The molecule has 0 spiro atoms. The smallest absolute Gasteiger partial charge is 0.253 e. The van der Waals surface area contributed by atoms with Crippen LogP contribution in [0.25, 0.3) is 0 Å². The number of hydrogen-bond acceptors (Lipinski definition) is 3. The summed E-state index contributed by atoms with van der Waals surface area (Å²) < 4.78 is 19.4. The lowest BCUT2D eigenvalue weighted by molar-refractivity contribution is 0.0708. The molecule has 5 heteroatoms. The Balaban J connectivity index is 1.65. The quantitative estimate of drug-likeness (QED) is 0.908. The molecule has 1 aromatic carbocycles. The van der Waals surface area contributed by atoms with E-state index in [0.717, 1.165) is 19.4 Å². The van der Waals surface area contributed by atoms with Gasteiger partial charge in [-0.15, -0.1) is 0 Å². The van der Waals surface area contributed by atoms with E-state index in [-0.39, 0.29) is 24.4 Å². The second kappa shape index (κ2) is 6.75. The molecule has 0 radical (unpaired) electrons. The molecule has 1 aliphatic carbocycles. The number of halogens is 1. The Morgan fingerprint density at radius 1 is 1.36 bits per heavy atom. The number of hydrogen-bond donors (Lipinski definition) is 1. The third-order valence-electron chi connectivity index (χ3n) is 4.35. The molecule has 2 N–H and O–H groups in total. The van der Waals surface area contributed by atoms with Crippen molar-refractivity contribution in [2.75, 3.05) is 19.7 Å². The average molecular weight is 306 g/mol. The molecule has 1 saturated carbocycles. The third kappa shape index (κ3) is 3.84. The Labute approximate surface area is 130 Å². The molecule has 1 saturated heterocycles. The normalized spacial score (nSPS) is 21.9. The zero-order valence-corrected chi connectivity index (χ0v) is 12.8. The minimum absolute atomic E-state index is 0.0412. The topological polar surface area (TPSA) is 55.6 Å². The standard InChI is InChI=1S/C17H23FN2O2/c18-16-6-5-13(8-14(16)11-22-10-12-3-4-12)17(21)20-7-1-2-15(19)9-20/h5-6,8,12,15H,1-4,7,9-11,19H2/t15-/m1/s1. The molecule has 1 amide bonds. The molecule has 120 valence electrons. The lowest BCUT2D eigenvalue weighted by Gasteiger charge is -2.30. The monoisotopic (exact) mass is 306 g/mol. The van der Waals surface area contributed by atoms with E-state index in [1.165, 1.54) is 18.9 Å². The summed E-state index contributed by atoms with van der Waals surface area (Å²) in [6, 6.07) is 4.55.